The van der Waals surface area contributed by atoms with Crippen molar-refractivity contribution < 1.29 is 9.84 Å². The van der Waals surface area contributed by atoms with Crippen LogP contribution in [0.1, 0.15) is 50.5 Å². The van der Waals surface area contributed by atoms with Gasteiger partial charge in [0.15, 0.2) is 11.5 Å². The van der Waals surface area contributed by atoms with Crippen LogP contribution in [0.2, 0.25) is 0 Å². The van der Waals surface area contributed by atoms with Gasteiger partial charge in [0.25, 0.3) is 0 Å². The summed E-state index contributed by atoms with van der Waals surface area (Å²) in [4.78, 5) is 0. The van der Waals surface area contributed by atoms with Gasteiger partial charge in [-0.25, -0.2) is 0 Å². The number of hydrogen-bond acceptors (Lipinski definition) is 2. The number of aromatic hydroxyl groups is 1. The zero-order valence-corrected chi connectivity index (χ0v) is 12.5. The molecule has 0 bridgehead atoms. The van der Waals surface area contributed by atoms with Gasteiger partial charge in [0.1, 0.15) is 0 Å². The fourth-order valence-electron chi connectivity index (χ4n) is 4.19. The zero-order chi connectivity index (χ0) is 14.3. The molecule has 0 heterocycles. The van der Waals surface area contributed by atoms with Gasteiger partial charge in [0.05, 0.1) is 7.11 Å². The van der Waals surface area contributed by atoms with Crippen molar-refractivity contribution >= 4 is 0 Å². The van der Waals surface area contributed by atoms with E-state index in [0.717, 1.165) is 5.92 Å². The molecule has 1 N–H and O–H groups in total. The molecule has 2 aliphatic carbocycles. The summed E-state index contributed by atoms with van der Waals surface area (Å²) in [6.07, 6.45) is 6.18. The molecule has 0 radical (unpaired) electrons. The number of allylic oxidation sites excluding steroid dienone is 1. The first-order valence-electron chi connectivity index (χ1n) is 7.60. The van der Waals surface area contributed by atoms with Crippen molar-refractivity contribution in [3.05, 3.63) is 35.9 Å². The molecule has 2 heteroatoms. The molecule has 0 saturated heterocycles. The topological polar surface area (TPSA) is 29.5 Å². The SMILES string of the molecule is C=C1CCC2CC(c3ccc(O)c(OC)c3)CCC12C. The fraction of sp³-hybridized carbons (Fsp3) is 0.556. The van der Waals surface area contributed by atoms with E-state index in [1.165, 1.54) is 43.2 Å². The van der Waals surface area contributed by atoms with E-state index in [2.05, 4.69) is 19.6 Å². The van der Waals surface area contributed by atoms with E-state index >= 15 is 0 Å². The Balaban J connectivity index is 1.82. The third-order valence-electron chi connectivity index (χ3n) is 5.76. The van der Waals surface area contributed by atoms with Crippen LogP contribution < -0.4 is 4.74 Å². The molecule has 3 unspecified atom stereocenters. The molecule has 108 valence electrons. The first kappa shape index (κ1) is 13.5. The highest BCUT2D eigenvalue weighted by Gasteiger charge is 2.45. The predicted molar refractivity (Wildman–Crippen MR) is 81.2 cm³/mol. The van der Waals surface area contributed by atoms with Gasteiger partial charge in [-0.05, 0) is 67.1 Å². The third-order valence-corrected chi connectivity index (χ3v) is 5.76. The fourth-order valence-corrected chi connectivity index (χ4v) is 4.19. The van der Waals surface area contributed by atoms with Crippen LogP contribution in [0.25, 0.3) is 0 Å². The van der Waals surface area contributed by atoms with Crippen molar-refractivity contribution in [2.24, 2.45) is 11.3 Å². The summed E-state index contributed by atoms with van der Waals surface area (Å²) in [5, 5.41) is 9.72. The monoisotopic (exact) mass is 272 g/mol. The van der Waals surface area contributed by atoms with Gasteiger partial charge in [-0.3, -0.25) is 0 Å². The van der Waals surface area contributed by atoms with Crippen LogP contribution in [-0.2, 0) is 0 Å². The number of fused-ring (bicyclic) bond motifs is 1. The Hall–Kier alpha value is -1.44. The van der Waals surface area contributed by atoms with E-state index in [4.69, 9.17) is 4.74 Å². The van der Waals surface area contributed by atoms with Crippen molar-refractivity contribution in [2.75, 3.05) is 7.11 Å². The molecule has 0 aliphatic heterocycles. The molecule has 3 atom stereocenters. The van der Waals surface area contributed by atoms with Gasteiger partial charge >= 0.3 is 0 Å². The van der Waals surface area contributed by atoms with Crippen LogP contribution in [0.15, 0.2) is 30.4 Å². The van der Waals surface area contributed by atoms with E-state index < -0.39 is 0 Å². The van der Waals surface area contributed by atoms with Crippen molar-refractivity contribution in [1.82, 2.24) is 0 Å². The predicted octanol–water partition coefficient (Wildman–Crippen LogP) is 4.64. The van der Waals surface area contributed by atoms with E-state index in [-0.39, 0.29) is 5.75 Å². The van der Waals surface area contributed by atoms with Gasteiger partial charge in [-0.2, -0.15) is 0 Å². The summed E-state index contributed by atoms with van der Waals surface area (Å²) >= 11 is 0. The minimum atomic E-state index is 0.228. The summed E-state index contributed by atoms with van der Waals surface area (Å²) < 4.78 is 5.24. The molecule has 20 heavy (non-hydrogen) atoms. The van der Waals surface area contributed by atoms with E-state index in [9.17, 15) is 5.11 Å². The molecular formula is C18H24O2. The van der Waals surface area contributed by atoms with Gasteiger partial charge in [-0.15, -0.1) is 0 Å². The zero-order valence-electron chi connectivity index (χ0n) is 12.5. The van der Waals surface area contributed by atoms with Gasteiger partial charge < -0.3 is 9.84 Å². The highest BCUT2D eigenvalue weighted by atomic mass is 16.5. The van der Waals surface area contributed by atoms with Gasteiger partial charge in [0, 0.05) is 0 Å². The van der Waals surface area contributed by atoms with Crippen LogP contribution in [0, 0.1) is 11.3 Å². The van der Waals surface area contributed by atoms with E-state index in [1.54, 1.807) is 13.2 Å². The lowest BCUT2D eigenvalue weighted by Crippen LogP contribution is -2.30. The number of benzene rings is 1. The Morgan fingerprint density at radius 1 is 1.35 bits per heavy atom. The Morgan fingerprint density at radius 3 is 2.90 bits per heavy atom. The van der Waals surface area contributed by atoms with Gasteiger partial charge in [0.2, 0.25) is 0 Å². The number of rotatable bonds is 2. The molecule has 3 rings (SSSR count). The second-order valence-electron chi connectivity index (χ2n) is 6.66. The number of ether oxygens (including phenoxy) is 1. The second kappa shape index (κ2) is 4.83. The maximum atomic E-state index is 9.72. The summed E-state index contributed by atoms with van der Waals surface area (Å²) in [7, 11) is 1.61. The molecule has 1 aromatic rings. The average molecular weight is 272 g/mol. The maximum absolute atomic E-state index is 9.72. The first-order valence-corrected chi connectivity index (χ1v) is 7.60. The molecular weight excluding hydrogens is 248 g/mol. The minimum Gasteiger partial charge on any atom is -0.504 e. The first-order chi connectivity index (χ1) is 9.54. The molecule has 0 aromatic heterocycles. The van der Waals surface area contributed by atoms with Crippen LogP contribution >= 0.6 is 0 Å². The summed E-state index contributed by atoms with van der Waals surface area (Å²) in [6.45, 7) is 6.70. The average Bonchev–Trinajstić information content (AvgIpc) is 2.75. The molecule has 0 spiro atoms. The van der Waals surface area contributed by atoms with Crippen molar-refractivity contribution in [2.45, 2.75) is 44.9 Å². The van der Waals surface area contributed by atoms with Crippen LogP contribution in [0.3, 0.4) is 0 Å². The summed E-state index contributed by atoms with van der Waals surface area (Å²) in [6, 6.07) is 5.82. The lowest BCUT2D eigenvalue weighted by molar-refractivity contribution is 0.170. The smallest absolute Gasteiger partial charge is 0.160 e. The van der Waals surface area contributed by atoms with Crippen molar-refractivity contribution in [1.29, 1.82) is 0 Å². The standard InChI is InChI=1S/C18H24O2/c1-12-4-6-15-10-14(8-9-18(12,15)2)13-5-7-16(19)17(11-13)20-3/h5,7,11,14-15,19H,1,4,6,8-10H2,2-3H3. The Labute approximate surface area is 121 Å². The van der Waals surface area contributed by atoms with Crippen LogP contribution in [-0.4, -0.2) is 12.2 Å². The van der Waals surface area contributed by atoms with E-state index in [0.29, 0.717) is 17.1 Å². The normalized spacial score (nSPS) is 33.0. The van der Waals surface area contributed by atoms with Crippen molar-refractivity contribution in [3.63, 3.8) is 0 Å². The minimum absolute atomic E-state index is 0.228. The molecule has 2 nitrogen and oxygen atoms in total. The summed E-state index contributed by atoms with van der Waals surface area (Å²) in [5.74, 6) is 2.18. The quantitative estimate of drug-likeness (QED) is 0.795. The molecule has 2 saturated carbocycles. The number of phenolic OH excluding ortho intramolecular Hbond substituents is 1. The van der Waals surface area contributed by atoms with E-state index in [1.807, 2.05) is 6.07 Å². The molecule has 0 amide bonds. The highest BCUT2D eigenvalue weighted by Crippen LogP contribution is 2.57. The van der Waals surface area contributed by atoms with Crippen LogP contribution in [0.5, 0.6) is 11.5 Å². The highest BCUT2D eigenvalue weighted by molar-refractivity contribution is 5.43. The lowest BCUT2D eigenvalue weighted by atomic mass is 9.64. The molecule has 2 aliphatic rings. The Bertz CT molecular complexity index is 534. The number of methoxy groups -OCH3 is 1. The van der Waals surface area contributed by atoms with Crippen LogP contribution in [0.4, 0.5) is 0 Å². The molecule has 2 fully saturated rings. The maximum Gasteiger partial charge on any atom is 0.160 e. The number of hydrogen-bond donors (Lipinski definition) is 1. The molecule has 1 aromatic carbocycles. The van der Waals surface area contributed by atoms with Crippen molar-refractivity contribution in [3.8, 4) is 11.5 Å². The second-order valence-corrected chi connectivity index (χ2v) is 6.66. The Morgan fingerprint density at radius 2 is 2.15 bits per heavy atom. The van der Waals surface area contributed by atoms with Gasteiger partial charge in [-0.1, -0.05) is 25.1 Å². The number of phenols is 1. The largest absolute Gasteiger partial charge is 0.504 e. The third kappa shape index (κ3) is 2.02. The Kier molecular flexibility index (Phi) is 3.27. The lowest BCUT2D eigenvalue weighted by Gasteiger charge is -2.41. The summed E-state index contributed by atoms with van der Waals surface area (Å²) in [5.41, 5.74) is 3.14.